The number of rotatable bonds is 7. The first-order chi connectivity index (χ1) is 13.3. The lowest BCUT2D eigenvalue weighted by molar-refractivity contribution is 0.612. The molecule has 1 aromatic heterocycles. The number of hydrogen-bond donors (Lipinski definition) is 3. The summed E-state index contributed by atoms with van der Waals surface area (Å²) in [7, 11) is 1.77. The molecule has 2 aromatic rings. The lowest BCUT2D eigenvalue weighted by atomic mass is 10.3. The summed E-state index contributed by atoms with van der Waals surface area (Å²) in [4.78, 5) is 10.4. The predicted octanol–water partition coefficient (Wildman–Crippen LogP) is 3.08. The highest BCUT2D eigenvalue weighted by atomic mass is 127. The lowest BCUT2D eigenvalue weighted by Gasteiger charge is -2.20. The van der Waals surface area contributed by atoms with Gasteiger partial charge in [-0.1, -0.05) is 18.2 Å². The van der Waals surface area contributed by atoms with Crippen molar-refractivity contribution in [3.05, 3.63) is 54.5 Å². The molecule has 1 unspecified atom stereocenters. The Bertz CT molecular complexity index is 742. The van der Waals surface area contributed by atoms with E-state index in [9.17, 15) is 4.39 Å². The van der Waals surface area contributed by atoms with E-state index >= 15 is 0 Å². The zero-order valence-electron chi connectivity index (χ0n) is 16.1. The van der Waals surface area contributed by atoms with Gasteiger partial charge < -0.3 is 20.9 Å². The Morgan fingerprint density at radius 2 is 2.04 bits per heavy atom. The SMILES string of the molecule is CN=C(NCCCNc1ccccc1)NC1CCN(c2ncccc2F)C1.I. The van der Waals surface area contributed by atoms with Gasteiger partial charge in [-0.05, 0) is 37.1 Å². The molecule has 3 rings (SSSR count). The van der Waals surface area contributed by atoms with Gasteiger partial charge in [0.05, 0.1) is 0 Å². The van der Waals surface area contributed by atoms with Gasteiger partial charge in [0.15, 0.2) is 17.6 Å². The van der Waals surface area contributed by atoms with Crippen molar-refractivity contribution >= 4 is 41.4 Å². The van der Waals surface area contributed by atoms with Gasteiger partial charge >= 0.3 is 0 Å². The first kappa shape index (κ1) is 22.2. The third-order valence-electron chi connectivity index (χ3n) is 4.54. The van der Waals surface area contributed by atoms with Gasteiger partial charge in [-0.15, -0.1) is 24.0 Å². The van der Waals surface area contributed by atoms with Crippen LogP contribution in [0.15, 0.2) is 53.7 Å². The van der Waals surface area contributed by atoms with Crippen molar-refractivity contribution in [2.75, 3.05) is 43.4 Å². The van der Waals surface area contributed by atoms with E-state index in [1.807, 2.05) is 23.1 Å². The van der Waals surface area contributed by atoms with E-state index in [1.54, 1.807) is 19.3 Å². The van der Waals surface area contributed by atoms with Gasteiger partial charge in [0, 0.05) is 51.2 Å². The molecule has 0 radical (unpaired) electrons. The second kappa shape index (κ2) is 11.7. The molecule has 1 aliphatic rings. The number of aromatic nitrogens is 1. The number of halogens is 2. The van der Waals surface area contributed by atoms with Crippen LogP contribution in [-0.2, 0) is 0 Å². The molecule has 0 amide bonds. The number of guanidine groups is 1. The Labute approximate surface area is 183 Å². The Kier molecular flexibility index (Phi) is 9.26. The number of nitrogens with zero attached hydrogens (tertiary/aromatic N) is 3. The third-order valence-corrected chi connectivity index (χ3v) is 4.54. The standard InChI is InChI=1S/C20H27FN6.HI/c1-22-20(25-13-6-12-23-16-7-3-2-4-8-16)26-17-10-14-27(15-17)19-18(21)9-5-11-24-19;/h2-5,7-9,11,17,23H,6,10,12-15H2,1H3,(H2,22,25,26);1H. The minimum Gasteiger partial charge on any atom is -0.385 e. The fourth-order valence-corrected chi connectivity index (χ4v) is 3.15. The van der Waals surface area contributed by atoms with E-state index in [2.05, 4.69) is 38.1 Å². The molecule has 1 atom stereocenters. The average molecular weight is 498 g/mol. The largest absolute Gasteiger partial charge is 0.385 e. The monoisotopic (exact) mass is 498 g/mol. The van der Waals surface area contributed by atoms with Crippen LogP contribution in [-0.4, -0.2) is 50.2 Å². The zero-order valence-corrected chi connectivity index (χ0v) is 18.4. The topological polar surface area (TPSA) is 64.6 Å². The molecule has 1 aliphatic heterocycles. The van der Waals surface area contributed by atoms with Gasteiger partial charge in [-0.25, -0.2) is 9.37 Å². The van der Waals surface area contributed by atoms with Crippen molar-refractivity contribution < 1.29 is 4.39 Å². The van der Waals surface area contributed by atoms with Crippen molar-refractivity contribution in [2.45, 2.75) is 18.9 Å². The van der Waals surface area contributed by atoms with Gasteiger partial charge in [-0.3, -0.25) is 4.99 Å². The fraction of sp³-hybridized carbons (Fsp3) is 0.400. The Morgan fingerprint density at radius 1 is 1.21 bits per heavy atom. The summed E-state index contributed by atoms with van der Waals surface area (Å²) in [6.45, 7) is 3.21. The maximum Gasteiger partial charge on any atom is 0.191 e. The summed E-state index contributed by atoms with van der Waals surface area (Å²) >= 11 is 0. The Morgan fingerprint density at radius 3 is 2.79 bits per heavy atom. The van der Waals surface area contributed by atoms with Crippen molar-refractivity contribution in [1.29, 1.82) is 0 Å². The second-order valence-corrected chi connectivity index (χ2v) is 6.53. The number of anilines is 2. The molecule has 1 saturated heterocycles. The summed E-state index contributed by atoms with van der Waals surface area (Å²) in [6.07, 6.45) is 3.53. The van der Waals surface area contributed by atoms with E-state index in [-0.39, 0.29) is 35.8 Å². The van der Waals surface area contributed by atoms with Gasteiger partial charge in [0.1, 0.15) is 0 Å². The summed E-state index contributed by atoms with van der Waals surface area (Å²) in [5.74, 6) is 0.936. The quantitative estimate of drug-likeness (QED) is 0.237. The minimum absolute atomic E-state index is 0. The molecule has 28 heavy (non-hydrogen) atoms. The Hall–Kier alpha value is -2.10. The van der Waals surface area contributed by atoms with E-state index in [1.165, 1.54) is 6.07 Å². The van der Waals surface area contributed by atoms with Crippen LogP contribution in [0, 0.1) is 5.82 Å². The molecular weight excluding hydrogens is 470 g/mol. The first-order valence-electron chi connectivity index (χ1n) is 9.38. The predicted molar refractivity (Wildman–Crippen MR) is 124 cm³/mol. The summed E-state index contributed by atoms with van der Waals surface area (Å²) in [6, 6.07) is 13.5. The molecule has 8 heteroatoms. The molecule has 1 fully saturated rings. The number of para-hydroxylation sites is 1. The molecule has 152 valence electrons. The van der Waals surface area contributed by atoms with Crippen LogP contribution >= 0.6 is 24.0 Å². The highest BCUT2D eigenvalue weighted by Crippen LogP contribution is 2.20. The Balaban J connectivity index is 0.00000280. The molecule has 0 spiro atoms. The van der Waals surface area contributed by atoms with Crippen LogP contribution in [0.5, 0.6) is 0 Å². The first-order valence-corrected chi connectivity index (χ1v) is 9.38. The van der Waals surface area contributed by atoms with Crippen LogP contribution in [0.4, 0.5) is 15.9 Å². The van der Waals surface area contributed by atoms with Crippen LogP contribution in [0.2, 0.25) is 0 Å². The molecule has 6 nitrogen and oxygen atoms in total. The number of pyridine rings is 1. The van der Waals surface area contributed by atoms with E-state index in [0.29, 0.717) is 12.4 Å². The van der Waals surface area contributed by atoms with Crippen molar-refractivity contribution in [3.8, 4) is 0 Å². The van der Waals surface area contributed by atoms with Crippen LogP contribution in [0.1, 0.15) is 12.8 Å². The smallest absolute Gasteiger partial charge is 0.191 e. The number of nitrogens with one attached hydrogen (secondary N) is 3. The van der Waals surface area contributed by atoms with Crippen molar-refractivity contribution in [3.63, 3.8) is 0 Å². The minimum atomic E-state index is -0.272. The average Bonchev–Trinajstić information content (AvgIpc) is 3.16. The normalized spacial score (nSPS) is 16.4. The maximum absolute atomic E-state index is 13.9. The fourth-order valence-electron chi connectivity index (χ4n) is 3.15. The van der Waals surface area contributed by atoms with Gasteiger partial charge in [0.25, 0.3) is 0 Å². The highest BCUT2D eigenvalue weighted by molar-refractivity contribution is 14.0. The van der Waals surface area contributed by atoms with E-state index in [4.69, 9.17) is 0 Å². The number of aliphatic imine (C=N–C) groups is 1. The molecule has 1 aromatic carbocycles. The van der Waals surface area contributed by atoms with Crippen LogP contribution < -0.4 is 20.9 Å². The maximum atomic E-state index is 13.9. The number of benzene rings is 1. The van der Waals surface area contributed by atoms with Gasteiger partial charge in [0.2, 0.25) is 0 Å². The van der Waals surface area contributed by atoms with Gasteiger partial charge in [-0.2, -0.15) is 0 Å². The summed E-state index contributed by atoms with van der Waals surface area (Å²) < 4.78 is 13.9. The molecule has 2 heterocycles. The highest BCUT2D eigenvalue weighted by Gasteiger charge is 2.25. The second-order valence-electron chi connectivity index (χ2n) is 6.53. The lowest BCUT2D eigenvalue weighted by Crippen LogP contribution is -2.45. The van der Waals surface area contributed by atoms with E-state index in [0.717, 1.165) is 44.1 Å². The summed E-state index contributed by atoms with van der Waals surface area (Å²) in [5.41, 5.74) is 1.13. The molecule has 3 N–H and O–H groups in total. The van der Waals surface area contributed by atoms with Crippen LogP contribution in [0.3, 0.4) is 0 Å². The van der Waals surface area contributed by atoms with Crippen molar-refractivity contribution in [1.82, 2.24) is 15.6 Å². The summed E-state index contributed by atoms with van der Waals surface area (Å²) in [5, 5.41) is 10.1. The third kappa shape index (κ3) is 6.50. The molecule has 0 bridgehead atoms. The molecule has 0 aliphatic carbocycles. The molecule has 0 saturated carbocycles. The number of hydrogen-bond acceptors (Lipinski definition) is 4. The van der Waals surface area contributed by atoms with E-state index < -0.39 is 0 Å². The van der Waals surface area contributed by atoms with Crippen LogP contribution in [0.25, 0.3) is 0 Å². The molecular formula is C20H28FIN6. The zero-order chi connectivity index (χ0) is 18.9. The van der Waals surface area contributed by atoms with Crippen molar-refractivity contribution in [2.24, 2.45) is 4.99 Å².